The molecule has 0 saturated heterocycles. The highest BCUT2D eigenvalue weighted by Crippen LogP contribution is 2.72. The fourth-order valence-corrected chi connectivity index (χ4v) is 11.3. The smallest absolute Gasteiger partial charge is 0.0179 e. The molecule has 5 saturated carbocycles. The summed E-state index contributed by atoms with van der Waals surface area (Å²) in [5.41, 5.74) is 1.76. The zero-order chi connectivity index (χ0) is 23.4. The van der Waals surface area contributed by atoms with Gasteiger partial charge in [-0.2, -0.15) is 0 Å². The highest BCUT2D eigenvalue weighted by atomic mass is 14.7. The zero-order valence-corrected chi connectivity index (χ0v) is 23.4. The third-order valence-corrected chi connectivity index (χ3v) is 12.8. The maximum absolute atomic E-state index is 2.52. The molecule has 190 valence electrons. The molecule has 0 amide bonds. The summed E-state index contributed by atoms with van der Waals surface area (Å²) < 4.78 is 0. The second kappa shape index (κ2) is 9.14. The molecule has 4 unspecified atom stereocenters. The van der Waals surface area contributed by atoms with Crippen LogP contribution in [0.15, 0.2) is 0 Å². The Morgan fingerprint density at radius 2 is 0.758 bits per heavy atom. The molecule has 0 aromatic rings. The minimum absolute atomic E-state index is 0.513. The Morgan fingerprint density at radius 1 is 0.424 bits per heavy atom. The first-order chi connectivity index (χ1) is 15.6. The van der Waals surface area contributed by atoms with Crippen LogP contribution in [0.3, 0.4) is 0 Å². The predicted molar refractivity (Wildman–Crippen MR) is 143 cm³/mol. The lowest BCUT2D eigenvalue weighted by Gasteiger charge is -2.58. The van der Waals surface area contributed by atoms with Crippen LogP contribution in [-0.4, -0.2) is 0 Å². The molecule has 5 rings (SSSR count). The summed E-state index contributed by atoms with van der Waals surface area (Å²) >= 11 is 0. The van der Waals surface area contributed by atoms with Gasteiger partial charge in [0.2, 0.25) is 0 Å². The van der Waals surface area contributed by atoms with Crippen LogP contribution in [0.4, 0.5) is 0 Å². The van der Waals surface area contributed by atoms with E-state index in [-0.39, 0.29) is 0 Å². The van der Waals surface area contributed by atoms with Gasteiger partial charge < -0.3 is 0 Å². The third-order valence-electron chi connectivity index (χ3n) is 12.8. The van der Waals surface area contributed by atoms with Crippen molar-refractivity contribution in [2.45, 2.75) is 144 Å². The molecule has 0 heteroatoms. The lowest BCUT2D eigenvalue weighted by atomic mass is 9.47. The summed E-state index contributed by atoms with van der Waals surface area (Å²) in [6.45, 7) is 15.1. The fraction of sp³-hybridized carbons (Fsp3) is 1.00. The van der Waals surface area contributed by atoms with Crippen LogP contribution in [0.25, 0.3) is 0 Å². The molecular formula is C33H58. The first-order valence-corrected chi connectivity index (χ1v) is 15.6. The number of fused-ring (bicyclic) bond motifs is 3. The van der Waals surface area contributed by atoms with Crippen LogP contribution in [0, 0.1) is 63.6 Å². The Bertz CT molecular complexity index is 585. The van der Waals surface area contributed by atoms with Gasteiger partial charge in [0.15, 0.2) is 0 Å². The van der Waals surface area contributed by atoms with Crippen LogP contribution in [0.5, 0.6) is 0 Å². The number of hydrogen-bond acceptors (Lipinski definition) is 0. The van der Waals surface area contributed by atoms with Gasteiger partial charge in [0.1, 0.15) is 0 Å². The van der Waals surface area contributed by atoms with E-state index < -0.39 is 0 Å². The largest absolute Gasteiger partial charge is 0.0599 e. The maximum Gasteiger partial charge on any atom is -0.0179 e. The Hall–Kier alpha value is 0. The van der Waals surface area contributed by atoms with Crippen LogP contribution < -0.4 is 0 Å². The minimum atomic E-state index is 0.513. The van der Waals surface area contributed by atoms with Crippen molar-refractivity contribution in [3.8, 4) is 0 Å². The van der Waals surface area contributed by atoms with E-state index in [4.69, 9.17) is 0 Å². The number of hydrogen-bond donors (Lipinski definition) is 0. The molecule has 5 aliphatic carbocycles. The molecule has 5 fully saturated rings. The van der Waals surface area contributed by atoms with Crippen molar-refractivity contribution in [1.29, 1.82) is 0 Å². The van der Waals surface area contributed by atoms with Crippen molar-refractivity contribution in [3.05, 3.63) is 0 Å². The molecule has 0 aromatic carbocycles. The minimum Gasteiger partial charge on any atom is -0.0599 e. The van der Waals surface area contributed by atoms with Gasteiger partial charge in [-0.15, -0.1) is 0 Å². The van der Waals surface area contributed by atoms with Crippen molar-refractivity contribution in [3.63, 3.8) is 0 Å². The summed E-state index contributed by atoms with van der Waals surface area (Å²) in [5, 5.41) is 0. The second-order valence-electron chi connectivity index (χ2n) is 15.9. The molecule has 0 radical (unpaired) electrons. The predicted octanol–water partition coefficient (Wildman–Crippen LogP) is 10.3. The topological polar surface area (TPSA) is 0 Å². The Labute approximate surface area is 207 Å². The SMILES string of the molecule is CC(C)(C)C1CCC(C2(C3CCC(C(C)(C)C)CC3)C3CCCCC3C3CCCCC32)CC1. The van der Waals surface area contributed by atoms with Crippen LogP contribution >= 0.6 is 0 Å². The van der Waals surface area contributed by atoms with Gasteiger partial charge in [-0.1, -0.05) is 67.2 Å². The molecule has 33 heavy (non-hydrogen) atoms. The van der Waals surface area contributed by atoms with Crippen molar-refractivity contribution in [2.24, 2.45) is 63.6 Å². The highest BCUT2D eigenvalue weighted by molar-refractivity contribution is 5.13. The van der Waals surface area contributed by atoms with E-state index in [2.05, 4.69) is 41.5 Å². The molecule has 5 aliphatic rings. The Morgan fingerprint density at radius 3 is 1.09 bits per heavy atom. The van der Waals surface area contributed by atoms with Gasteiger partial charge in [-0.25, -0.2) is 0 Å². The van der Waals surface area contributed by atoms with Gasteiger partial charge in [0, 0.05) is 0 Å². The molecule has 0 heterocycles. The lowest BCUT2D eigenvalue weighted by Crippen LogP contribution is -2.50. The van der Waals surface area contributed by atoms with E-state index in [0.29, 0.717) is 10.8 Å². The van der Waals surface area contributed by atoms with E-state index in [1.54, 1.807) is 77.0 Å². The summed E-state index contributed by atoms with van der Waals surface area (Å²) in [6.07, 6.45) is 25.0. The van der Waals surface area contributed by atoms with E-state index in [1.807, 2.05) is 0 Å². The van der Waals surface area contributed by atoms with E-state index in [1.165, 1.54) is 25.7 Å². The summed E-state index contributed by atoms with van der Waals surface area (Å²) in [4.78, 5) is 0. The molecule has 0 N–H and O–H groups in total. The molecule has 0 aliphatic heterocycles. The van der Waals surface area contributed by atoms with Gasteiger partial charge in [-0.3, -0.25) is 0 Å². The first-order valence-electron chi connectivity index (χ1n) is 15.6. The monoisotopic (exact) mass is 454 g/mol. The molecule has 0 spiro atoms. The third kappa shape index (κ3) is 4.28. The second-order valence-corrected chi connectivity index (χ2v) is 15.9. The van der Waals surface area contributed by atoms with E-state index in [0.717, 1.165) is 52.8 Å². The Kier molecular flexibility index (Phi) is 6.84. The van der Waals surface area contributed by atoms with Crippen LogP contribution in [0.2, 0.25) is 0 Å². The molecule has 0 aromatic heterocycles. The Balaban J connectivity index is 1.48. The molecule has 0 nitrogen and oxygen atoms in total. The van der Waals surface area contributed by atoms with Crippen molar-refractivity contribution in [2.75, 3.05) is 0 Å². The van der Waals surface area contributed by atoms with Crippen LogP contribution in [-0.2, 0) is 0 Å². The summed E-state index contributed by atoms with van der Waals surface area (Å²) in [7, 11) is 0. The zero-order valence-electron chi connectivity index (χ0n) is 23.4. The molecule has 4 atom stereocenters. The molecule has 0 bridgehead atoms. The van der Waals surface area contributed by atoms with Gasteiger partial charge in [0.25, 0.3) is 0 Å². The normalized spacial score (nSPS) is 47.1. The van der Waals surface area contributed by atoms with Gasteiger partial charge in [0.05, 0.1) is 0 Å². The van der Waals surface area contributed by atoms with Crippen LogP contribution in [0.1, 0.15) is 144 Å². The lowest BCUT2D eigenvalue weighted by molar-refractivity contribution is -0.0900. The molecular weight excluding hydrogens is 396 g/mol. The van der Waals surface area contributed by atoms with Gasteiger partial charge >= 0.3 is 0 Å². The van der Waals surface area contributed by atoms with Crippen molar-refractivity contribution < 1.29 is 0 Å². The number of rotatable bonds is 2. The van der Waals surface area contributed by atoms with E-state index in [9.17, 15) is 0 Å². The highest BCUT2D eigenvalue weighted by Gasteiger charge is 2.65. The quantitative estimate of drug-likeness (QED) is 0.389. The maximum atomic E-state index is 2.52. The van der Waals surface area contributed by atoms with Crippen molar-refractivity contribution >= 4 is 0 Å². The standard InChI is InChI=1S/C33H58/c1-31(2,3)23-15-19-25(20-16-23)33(26-21-17-24(18-22-26)32(4,5)6)29-13-9-7-11-27(29)28-12-8-10-14-30(28)33/h23-30H,7-22H2,1-6H3. The van der Waals surface area contributed by atoms with E-state index >= 15 is 0 Å². The average molecular weight is 455 g/mol. The van der Waals surface area contributed by atoms with Gasteiger partial charge in [-0.05, 0) is 141 Å². The average Bonchev–Trinajstić information content (AvgIpc) is 3.10. The summed E-state index contributed by atoms with van der Waals surface area (Å²) in [6, 6.07) is 0. The van der Waals surface area contributed by atoms with Crippen molar-refractivity contribution in [1.82, 2.24) is 0 Å². The summed E-state index contributed by atoms with van der Waals surface area (Å²) in [5.74, 6) is 8.49. The first kappa shape index (κ1) is 24.7. The fourth-order valence-electron chi connectivity index (χ4n) is 11.3.